The molecule has 4 aromatic rings. The van der Waals surface area contributed by atoms with Gasteiger partial charge in [0.15, 0.2) is 11.5 Å². The van der Waals surface area contributed by atoms with Crippen LogP contribution in [0.5, 0.6) is 0 Å². The molecule has 10 nitrogen and oxygen atoms in total. The highest BCUT2D eigenvalue weighted by Crippen LogP contribution is 2.25. The van der Waals surface area contributed by atoms with Gasteiger partial charge < -0.3 is 9.64 Å². The van der Waals surface area contributed by atoms with Crippen LogP contribution in [0.25, 0.3) is 16.3 Å². The number of morpholine rings is 1. The number of hydrogen-bond donors (Lipinski definition) is 0. The third-order valence-electron chi connectivity index (χ3n) is 5.92. The van der Waals surface area contributed by atoms with Crippen LogP contribution in [0, 0.1) is 6.57 Å². The highest BCUT2D eigenvalue weighted by Gasteiger charge is 2.26. The average Bonchev–Trinajstić information content (AvgIpc) is 3.47. The lowest BCUT2D eigenvalue weighted by atomic mass is 10.1. The Labute approximate surface area is 198 Å². The molecule has 1 aliphatic heterocycles. The van der Waals surface area contributed by atoms with Gasteiger partial charge in [0, 0.05) is 37.5 Å². The molecular formula is C24H27N9O. The molecule has 0 aliphatic carbocycles. The number of aromatic nitrogens is 7. The minimum absolute atomic E-state index is 0.131. The van der Waals surface area contributed by atoms with Crippen molar-refractivity contribution in [2.45, 2.75) is 52.2 Å². The van der Waals surface area contributed by atoms with Crippen molar-refractivity contribution in [2.24, 2.45) is 0 Å². The summed E-state index contributed by atoms with van der Waals surface area (Å²) in [5, 5.41) is 9.17. The maximum Gasteiger partial charge on any atom is 0.245 e. The molecule has 10 heteroatoms. The summed E-state index contributed by atoms with van der Waals surface area (Å²) in [6.07, 6.45) is 7.75. The van der Waals surface area contributed by atoms with Crippen LogP contribution in [-0.4, -0.2) is 59.6 Å². The molecule has 0 spiro atoms. The highest BCUT2D eigenvalue weighted by atomic mass is 16.5. The summed E-state index contributed by atoms with van der Waals surface area (Å²) in [4.78, 5) is 19.9. The Bertz CT molecular complexity index is 1340. The van der Waals surface area contributed by atoms with Gasteiger partial charge in [-0.1, -0.05) is 25.5 Å². The molecule has 1 saturated heterocycles. The lowest BCUT2D eigenvalue weighted by Crippen LogP contribution is -2.46. The van der Waals surface area contributed by atoms with E-state index in [1.54, 1.807) is 40.1 Å². The Hall–Kier alpha value is -3.84. The van der Waals surface area contributed by atoms with Crippen molar-refractivity contribution in [3.63, 3.8) is 0 Å². The number of nitrogens with zero attached hydrogens (tertiary/aromatic N) is 9. The first kappa shape index (κ1) is 22.0. The zero-order valence-corrected chi connectivity index (χ0v) is 19.6. The van der Waals surface area contributed by atoms with E-state index in [4.69, 9.17) is 26.4 Å². The summed E-state index contributed by atoms with van der Waals surface area (Å²) in [5.74, 6) is 1.23. The molecule has 5 heterocycles. The minimum Gasteiger partial charge on any atom is -0.372 e. The van der Waals surface area contributed by atoms with Gasteiger partial charge in [-0.2, -0.15) is 10.1 Å². The summed E-state index contributed by atoms with van der Waals surface area (Å²) < 4.78 is 9.37. The first-order chi connectivity index (χ1) is 16.6. The molecule has 5 rings (SSSR count). The van der Waals surface area contributed by atoms with Crippen molar-refractivity contribution in [2.75, 3.05) is 18.0 Å². The van der Waals surface area contributed by atoms with Gasteiger partial charge in [0.05, 0.1) is 30.2 Å². The van der Waals surface area contributed by atoms with E-state index < -0.39 is 0 Å². The minimum atomic E-state index is 0.131. The van der Waals surface area contributed by atoms with Crippen LogP contribution >= 0.6 is 0 Å². The number of ether oxygens (including phenoxy) is 1. The van der Waals surface area contributed by atoms with Crippen LogP contribution in [0.1, 0.15) is 44.1 Å². The van der Waals surface area contributed by atoms with Crippen molar-refractivity contribution in [1.82, 2.24) is 34.3 Å². The van der Waals surface area contributed by atoms with Crippen molar-refractivity contribution < 1.29 is 4.74 Å². The van der Waals surface area contributed by atoms with E-state index in [9.17, 15) is 0 Å². The van der Waals surface area contributed by atoms with Gasteiger partial charge in [0.1, 0.15) is 6.33 Å². The van der Waals surface area contributed by atoms with Gasteiger partial charge in [0.2, 0.25) is 11.6 Å². The number of hydrogen-bond acceptors (Lipinski definition) is 7. The molecule has 0 saturated carbocycles. The monoisotopic (exact) mass is 457 g/mol. The normalized spacial score (nSPS) is 18.4. The SMILES string of the molecule is [C-]#[N+]c1cccnc1-n1nccc1Cc1ncn2nc(N3CC(C)OC(C)C3)nc2c1CCC. The van der Waals surface area contributed by atoms with Crippen LogP contribution in [-0.2, 0) is 17.6 Å². The zero-order valence-electron chi connectivity index (χ0n) is 19.6. The van der Waals surface area contributed by atoms with Gasteiger partial charge in [-0.05, 0) is 26.3 Å². The zero-order chi connectivity index (χ0) is 23.7. The summed E-state index contributed by atoms with van der Waals surface area (Å²) in [6, 6.07) is 5.45. The lowest BCUT2D eigenvalue weighted by Gasteiger charge is -2.34. The van der Waals surface area contributed by atoms with Gasteiger partial charge in [-0.3, -0.25) is 0 Å². The van der Waals surface area contributed by atoms with Gasteiger partial charge in [-0.15, -0.1) is 5.10 Å². The molecule has 1 fully saturated rings. The van der Waals surface area contributed by atoms with Crippen molar-refractivity contribution in [3.8, 4) is 5.82 Å². The van der Waals surface area contributed by atoms with Crippen molar-refractivity contribution in [1.29, 1.82) is 0 Å². The highest BCUT2D eigenvalue weighted by molar-refractivity contribution is 5.58. The molecule has 0 amide bonds. The van der Waals surface area contributed by atoms with Gasteiger partial charge in [0.25, 0.3) is 0 Å². The predicted octanol–water partition coefficient (Wildman–Crippen LogP) is 3.41. The fourth-order valence-electron chi connectivity index (χ4n) is 4.53. The number of anilines is 1. The Kier molecular flexibility index (Phi) is 5.94. The number of pyridine rings is 1. The lowest BCUT2D eigenvalue weighted by molar-refractivity contribution is -0.00570. The number of rotatable bonds is 6. The second-order valence-corrected chi connectivity index (χ2v) is 8.63. The van der Waals surface area contributed by atoms with E-state index in [1.165, 1.54) is 0 Å². The fraction of sp³-hybridized carbons (Fsp3) is 0.417. The Morgan fingerprint density at radius 3 is 2.74 bits per heavy atom. The standard InChI is InChI=1S/C24H27N9O/c1-5-7-19-21(12-18-9-11-28-33(18)23-20(25-4)8-6-10-26-23)27-15-32-22(19)29-24(30-32)31-13-16(2)34-17(3)14-31/h6,8-11,15-17H,5,7,12-14H2,1-3H3. The Morgan fingerprint density at radius 1 is 1.15 bits per heavy atom. The Morgan fingerprint density at radius 2 is 1.97 bits per heavy atom. The third kappa shape index (κ3) is 4.10. The van der Waals surface area contributed by atoms with E-state index in [1.807, 2.05) is 6.07 Å². The second-order valence-electron chi connectivity index (χ2n) is 8.63. The topological polar surface area (TPSA) is 90.6 Å². The largest absolute Gasteiger partial charge is 0.372 e. The summed E-state index contributed by atoms with van der Waals surface area (Å²) in [6.45, 7) is 15.3. The summed E-state index contributed by atoms with van der Waals surface area (Å²) >= 11 is 0. The summed E-state index contributed by atoms with van der Waals surface area (Å²) in [5.41, 5.74) is 4.21. The molecule has 2 unspecified atom stereocenters. The molecule has 34 heavy (non-hydrogen) atoms. The molecule has 0 bridgehead atoms. The molecular weight excluding hydrogens is 430 g/mol. The van der Waals surface area contributed by atoms with E-state index in [0.717, 1.165) is 48.5 Å². The van der Waals surface area contributed by atoms with E-state index >= 15 is 0 Å². The van der Waals surface area contributed by atoms with Crippen LogP contribution in [0.3, 0.4) is 0 Å². The molecule has 174 valence electrons. The van der Waals surface area contributed by atoms with Crippen LogP contribution in [0.4, 0.5) is 11.6 Å². The van der Waals surface area contributed by atoms with Gasteiger partial charge in [-0.25, -0.2) is 24.0 Å². The summed E-state index contributed by atoms with van der Waals surface area (Å²) in [7, 11) is 0. The molecule has 0 aromatic carbocycles. The van der Waals surface area contributed by atoms with Crippen LogP contribution in [0.15, 0.2) is 36.9 Å². The Balaban J connectivity index is 1.52. The van der Waals surface area contributed by atoms with Crippen LogP contribution < -0.4 is 4.90 Å². The predicted molar refractivity (Wildman–Crippen MR) is 127 cm³/mol. The number of fused-ring (bicyclic) bond motifs is 1. The van der Waals surface area contributed by atoms with E-state index in [2.05, 4.69) is 40.6 Å². The molecule has 1 aliphatic rings. The van der Waals surface area contributed by atoms with E-state index in [-0.39, 0.29) is 12.2 Å². The van der Waals surface area contributed by atoms with E-state index in [0.29, 0.717) is 23.9 Å². The van der Waals surface area contributed by atoms with Crippen molar-refractivity contribution >= 4 is 17.3 Å². The molecule has 0 radical (unpaired) electrons. The second kappa shape index (κ2) is 9.19. The molecule has 4 aromatic heterocycles. The first-order valence-corrected chi connectivity index (χ1v) is 11.6. The third-order valence-corrected chi connectivity index (χ3v) is 5.92. The first-order valence-electron chi connectivity index (χ1n) is 11.6. The number of aryl methyl sites for hydroxylation is 1. The maximum atomic E-state index is 7.47. The maximum absolute atomic E-state index is 7.47. The van der Waals surface area contributed by atoms with Gasteiger partial charge >= 0.3 is 0 Å². The molecule has 2 atom stereocenters. The molecule has 0 N–H and O–H groups in total. The van der Waals surface area contributed by atoms with Crippen LogP contribution in [0.2, 0.25) is 0 Å². The smallest absolute Gasteiger partial charge is 0.245 e. The fourth-order valence-corrected chi connectivity index (χ4v) is 4.53. The van der Waals surface area contributed by atoms with Crippen molar-refractivity contribution in [3.05, 3.63) is 65.3 Å². The quantitative estimate of drug-likeness (QED) is 0.410. The average molecular weight is 458 g/mol.